The van der Waals surface area contributed by atoms with Gasteiger partial charge < -0.3 is 5.11 Å². The molecule has 3 aromatic carbocycles. The van der Waals surface area contributed by atoms with E-state index in [2.05, 4.69) is 55.0 Å². The smallest absolute Gasteiger partial charge is 0.233 e. The van der Waals surface area contributed by atoms with Crippen LogP contribution in [0.1, 0.15) is 57.4 Å². The van der Waals surface area contributed by atoms with Crippen molar-refractivity contribution in [3.05, 3.63) is 88.0 Å². The van der Waals surface area contributed by atoms with Crippen LogP contribution in [0.25, 0.3) is 11.1 Å². The first-order valence-electron chi connectivity index (χ1n) is 10.6. The standard InChI is InChI=1S/C26H25NO3S/c1-15-5-3-6-16(2)26(15)21-8-4-7-19-18(11-12-20(19)21)17-9-10-22(23(28)13-17)24-14-25(29)27-31(24)30/h3-10,13,18,24,28H,11-12,14H2,1-2H3,(H,27,29)/t18-,24?,31?/m1/s1. The molecule has 5 rings (SSSR count). The number of aromatic hydroxyl groups is 1. The minimum Gasteiger partial charge on any atom is -0.508 e. The summed E-state index contributed by atoms with van der Waals surface area (Å²) in [5, 5.41) is 10.2. The zero-order valence-corrected chi connectivity index (χ0v) is 18.5. The SMILES string of the molecule is Cc1cccc(C)c1-c1cccc2c1CC[C@@H]2c1ccc(C2CC(=O)NS2=O)c(O)c1. The van der Waals surface area contributed by atoms with Gasteiger partial charge in [-0.3, -0.25) is 9.52 Å². The summed E-state index contributed by atoms with van der Waals surface area (Å²) in [6.07, 6.45) is 2.13. The summed E-state index contributed by atoms with van der Waals surface area (Å²) >= 11 is 0. The van der Waals surface area contributed by atoms with Gasteiger partial charge in [-0.1, -0.05) is 48.5 Å². The fourth-order valence-corrected chi connectivity index (χ4v) is 6.40. The number of hydrogen-bond acceptors (Lipinski definition) is 3. The molecule has 2 unspecified atom stereocenters. The molecule has 4 nitrogen and oxygen atoms in total. The molecule has 0 saturated carbocycles. The van der Waals surface area contributed by atoms with Crippen LogP contribution >= 0.6 is 0 Å². The Balaban J connectivity index is 1.52. The number of carbonyl (C=O) groups is 1. The number of amides is 1. The van der Waals surface area contributed by atoms with Crippen molar-refractivity contribution in [2.45, 2.75) is 44.3 Å². The molecule has 1 aliphatic heterocycles. The maximum Gasteiger partial charge on any atom is 0.233 e. The molecule has 0 spiro atoms. The van der Waals surface area contributed by atoms with Crippen molar-refractivity contribution >= 4 is 16.9 Å². The van der Waals surface area contributed by atoms with Crippen LogP contribution in [0.3, 0.4) is 0 Å². The molecule has 0 radical (unpaired) electrons. The minimum atomic E-state index is -1.49. The van der Waals surface area contributed by atoms with Gasteiger partial charge in [-0.05, 0) is 71.7 Å². The first-order valence-corrected chi connectivity index (χ1v) is 11.9. The molecule has 0 aromatic heterocycles. The van der Waals surface area contributed by atoms with Crippen LogP contribution in [-0.2, 0) is 22.2 Å². The Hall–Kier alpha value is -2.92. The van der Waals surface area contributed by atoms with E-state index in [1.54, 1.807) is 6.07 Å². The molecule has 158 valence electrons. The topological polar surface area (TPSA) is 66.4 Å². The van der Waals surface area contributed by atoms with Crippen LogP contribution in [0, 0.1) is 13.8 Å². The molecule has 0 bridgehead atoms. The van der Waals surface area contributed by atoms with Gasteiger partial charge in [-0.15, -0.1) is 0 Å². The predicted octanol–water partition coefficient (Wildman–Crippen LogP) is 4.98. The van der Waals surface area contributed by atoms with Crippen LogP contribution in [0.5, 0.6) is 5.75 Å². The average molecular weight is 432 g/mol. The maximum atomic E-state index is 12.1. The van der Waals surface area contributed by atoms with Gasteiger partial charge in [-0.2, -0.15) is 0 Å². The van der Waals surface area contributed by atoms with Gasteiger partial charge in [-0.25, -0.2) is 4.21 Å². The van der Waals surface area contributed by atoms with Gasteiger partial charge in [0, 0.05) is 17.9 Å². The lowest BCUT2D eigenvalue weighted by molar-refractivity contribution is -0.118. The van der Waals surface area contributed by atoms with Crippen LogP contribution in [0.15, 0.2) is 54.6 Å². The van der Waals surface area contributed by atoms with Crippen LogP contribution in [-0.4, -0.2) is 15.2 Å². The van der Waals surface area contributed by atoms with Gasteiger partial charge in [0.1, 0.15) is 16.7 Å². The molecule has 1 heterocycles. The van der Waals surface area contributed by atoms with Gasteiger partial charge in [0.2, 0.25) is 5.91 Å². The summed E-state index contributed by atoms with van der Waals surface area (Å²) < 4.78 is 14.6. The molecule has 1 fully saturated rings. The fraction of sp³-hybridized carbons (Fsp3) is 0.269. The Bertz CT molecular complexity index is 1210. The number of aryl methyl sites for hydroxylation is 2. The second kappa shape index (κ2) is 7.65. The van der Waals surface area contributed by atoms with Crippen LogP contribution < -0.4 is 4.72 Å². The first kappa shape index (κ1) is 20.0. The number of phenols is 1. The Morgan fingerprint density at radius 1 is 1.00 bits per heavy atom. The van der Waals surface area contributed by atoms with Gasteiger partial charge >= 0.3 is 0 Å². The fourth-order valence-electron chi connectivity index (χ4n) is 5.22. The summed E-state index contributed by atoms with van der Waals surface area (Å²) in [6.45, 7) is 4.33. The van der Waals surface area contributed by atoms with E-state index in [0.29, 0.717) is 5.56 Å². The quantitative estimate of drug-likeness (QED) is 0.615. The lowest BCUT2D eigenvalue weighted by atomic mass is 9.88. The zero-order valence-electron chi connectivity index (χ0n) is 17.6. The van der Waals surface area contributed by atoms with Crippen LogP contribution in [0.2, 0.25) is 0 Å². The Morgan fingerprint density at radius 3 is 2.42 bits per heavy atom. The Morgan fingerprint density at radius 2 is 1.74 bits per heavy atom. The van der Waals surface area contributed by atoms with Crippen molar-refractivity contribution in [2.75, 3.05) is 0 Å². The number of phenolic OH excluding ortho intramolecular Hbond substituents is 1. The monoisotopic (exact) mass is 431 g/mol. The Labute approximate surface area is 184 Å². The number of fused-ring (bicyclic) bond motifs is 1. The second-order valence-corrected chi connectivity index (χ2v) is 9.93. The molecule has 1 aliphatic carbocycles. The minimum absolute atomic E-state index is 0.117. The van der Waals surface area contributed by atoms with E-state index in [1.807, 2.05) is 12.1 Å². The summed E-state index contributed by atoms with van der Waals surface area (Å²) in [4.78, 5) is 11.6. The summed E-state index contributed by atoms with van der Waals surface area (Å²) in [5.41, 5.74) is 9.53. The highest BCUT2D eigenvalue weighted by Gasteiger charge is 2.33. The third kappa shape index (κ3) is 3.37. The lowest BCUT2D eigenvalue weighted by Gasteiger charge is -2.17. The predicted molar refractivity (Wildman–Crippen MR) is 123 cm³/mol. The van der Waals surface area contributed by atoms with E-state index in [0.717, 1.165) is 18.4 Å². The molecule has 1 amide bonds. The van der Waals surface area contributed by atoms with Gasteiger partial charge in [0.15, 0.2) is 0 Å². The van der Waals surface area contributed by atoms with Crippen molar-refractivity contribution < 1.29 is 14.1 Å². The van der Waals surface area contributed by atoms with E-state index in [-0.39, 0.29) is 24.0 Å². The van der Waals surface area contributed by atoms with Gasteiger partial charge in [0.25, 0.3) is 0 Å². The maximum absolute atomic E-state index is 12.1. The van der Waals surface area contributed by atoms with Crippen molar-refractivity contribution in [3.63, 3.8) is 0 Å². The second-order valence-electron chi connectivity index (χ2n) is 8.57. The number of carbonyl (C=O) groups excluding carboxylic acids is 1. The zero-order chi connectivity index (χ0) is 21.7. The highest BCUT2D eigenvalue weighted by Crippen LogP contribution is 2.45. The number of nitrogens with one attached hydrogen (secondary N) is 1. The van der Waals surface area contributed by atoms with Gasteiger partial charge in [0.05, 0.1) is 5.25 Å². The highest BCUT2D eigenvalue weighted by atomic mass is 32.2. The van der Waals surface area contributed by atoms with Crippen molar-refractivity contribution in [2.24, 2.45) is 0 Å². The first-order chi connectivity index (χ1) is 14.9. The third-order valence-electron chi connectivity index (χ3n) is 6.67. The summed E-state index contributed by atoms with van der Waals surface area (Å²) in [5.74, 6) is 0.0929. The molecule has 1 saturated heterocycles. The van der Waals surface area contributed by atoms with Crippen molar-refractivity contribution in [1.82, 2.24) is 4.72 Å². The van der Waals surface area contributed by atoms with Crippen LogP contribution in [0.4, 0.5) is 0 Å². The van der Waals surface area contributed by atoms with E-state index in [9.17, 15) is 14.1 Å². The van der Waals surface area contributed by atoms with E-state index >= 15 is 0 Å². The molecule has 31 heavy (non-hydrogen) atoms. The molecule has 3 aromatic rings. The normalized spacial score (nSPS) is 22.4. The average Bonchev–Trinajstić information content (AvgIpc) is 3.31. The summed E-state index contributed by atoms with van der Waals surface area (Å²) in [7, 11) is -1.49. The molecular weight excluding hydrogens is 406 g/mol. The third-order valence-corrected chi connectivity index (χ3v) is 8.03. The molecule has 2 aliphatic rings. The number of hydrogen-bond donors (Lipinski definition) is 2. The molecule has 2 N–H and O–H groups in total. The highest BCUT2D eigenvalue weighted by molar-refractivity contribution is 7.84. The molecular formula is C26H25NO3S. The largest absolute Gasteiger partial charge is 0.508 e. The van der Waals surface area contributed by atoms with E-state index in [1.165, 1.54) is 33.4 Å². The van der Waals surface area contributed by atoms with Crippen molar-refractivity contribution in [1.29, 1.82) is 0 Å². The Kier molecular flexibility index (Phi) is 4.94. The van der Waals surface area contributed by atoms with E-state index < -0.39 is 16.2 Å². The molecule has 5 heteroatoms. The summed E-state index contributed by atoms with van der Waals surface area (Å²) in [6, 6.07) is 18.6. The van der Waals surface area contributed by atoms with E-state index in [4.69, 9.17) is 0 Å². The molecule has 3 atom stereocenters. The number of rotatable bonds is 3. The lowest BCUT2D eigenvalue weighted by Crippen LogP contribution is -2.15. The van der Waals surface area contributed by atoms with Crippen molar-refractivity contribution in [3.8, 4) is 16.9 Å². The number of benzene rings is 3.